The van der Waals surface area contributed by atoms with Crippen LogP contribution >= 0.6 is 12.2 Å². The van der Waals surface area contributed by atoms with Crippen LogP contribution in [0.3, 0.4) is 0 Å². The maximum absolute atomic E-state index is 12.7. The standard InChI is InChI=1S/C16H20N2O3S/c1-17-16(22)18-6-4-11(5-7-18)15(19)12-2-3-13-14(10-12)21-9-8-20-13/h2-3,10-11H,4-9H2,1H3,(H,17,22). The Labute approximate surface area is 135 Å². The summed E-state index contributed by atoms with van der Waals surface area (Å²) in [6.45, 7) is 2.73. The fourth-order valence-corrected chi connectivity index (χ4v) is 3.12. The Balaban J connectivity index is 1.66. The number of rotatable bonds is 2. The molecule has 0 aromatic heterocycles. The molecule has 0 radical (unpaired) electrons. The lowest BCUT2D eigenvalue weighted by atomic mass is 9.89. The van der Waals surface area contributed by atoms with Gasteiger partial charge in [-0.3, -0.25) is 4.79 Å². The van der Waals surface area contributed by atoms with Crippen LogP contribution in [0.2, 0.25) is 0 Å². The van der Waals surface area contributed by atoms with Crippen LogP contribution in [-0.2, 0) is 0 Å². The van der Waals surface area contributed by atoms with E-state index < -0.39 is 0 Å². The average Bonchev–Trinajstić information content (AvgIpc) is 2.60. The first-order valence-corrected chi connectivity index (χ1v) is 8.00. The number of likely N-dealkylation sites (tertiary alicyclic amines) is 1. The molecule has 1 N–H and O–H groups in total. The number of benzene rings is 1. The molecular weight excluding hydrogens is 300 g/mol. The first-order valence-electron chi connectivity index (χ1n) is 7.59. The molecule has 22 heavy (non-hydrogen) atoms. The third kappa shape index (κ3) is 3.02. The fraction of sp³-hybridized carbons (Fsp3) is 0.500. The molecule has 1 saturated heterocycles. The molecule has 6 heteroatoms. The van der Waals surface area contributed by atoms with Gasteiger partial charge in [-0.15, -0.1) is 0 Å². The van der Waals surface area contributed by atoms with Gasteiger partial charge in [0, 0.05) is 31.6 Å². The van der Waals surface area contributed by atoms with Gasteiger partial charge in [-0.1, -0.05) is 0 Å². The quantitative estimate of drug-likeness (QED) is 0.663. The van der Waals surface area contributed by atoms with Crippen LogP contribution in [0.5, 0.6) is 11.5 Å². The van der Waals surface area contributed by atoms with E-state index in [9.17, 15) is 4.79 Å². The number of ether oxygens (including phenoxy) is 2. The lowest BCUT2D eigenvalue weighted by Crippen LogP contribution is -2.44. The maximum atomic E-state index is 12.7. The summed E-state index contributed by atoms with van der Waals surface area (Å²) in [5.41, 5.74) is 0.707. The molecule has 0 amide bonds. The minimum Gasteiger partial charge on any atom is -0.486 e. The monoisotopic (exact) mass is 320 g/mol. The van der Waals surface area contributed by atoms with Crippen LogP contribution in [0.25, 0.3) is 0 Å². The van der Waals surface area contributed by atoms with Crippen molar-refractivity contribution in [3.05, 3.63) is 23.8 Å². The number of carbonyl (C=O) groups excluding carboxylic acids is 1. The number of ketones is 1. The van der Waals surface area contributed by atoms with Crippen LogP contribution in [0, 0.1) is 5.92 Å². The van der Waals surface area contributed by atoms with E-state index in [1.54, 1.807) is 6.07 Å². The van der Waals surface area contributed by atoms with Crippen molar-refractivity contribution in [2.45, 2.75) is 12.8 Å². The van der Waals surface area contributed by atoms with Gasteiger partial charge in [-0.25, -0.2) is 0 Å². The highest BCUT2D eigenvalue weighted by Gasteiger charge is 2.27. The number of thiocarbonyl (C=S) groups is 1. The summed E-state index contributed by atoms with van der Waals surface area (Å²) in [6.07, 6.45) is 1.66. The predicted molar refractivity (Wildman–Crippen MR) is 87.7 cm³/mol. The Bertz CT molecular complexity index is 583. The molecule has 0 saturated carbocycles. The molecule has 2 heterocycles. The first kappa shape index (κ1) is 15.1. The smallest absolute Gasteiger partial charge is 0.168 e. The number of hydrogen-bond donors (Lipinski definition) is 1. The highest BCUT2D eigenvalue weighted by molar-refractivity contribution is 7.80. The molecule has 0 aliphatic carbocycles. The van der Waals surface area contributed by atoms with Gasteiger partial charge in [0.15, 0.2) is 22.4 Å². The van der Waals surface area contributed by atoms with Gasteiger partial charge in [0.25, 0.3) is 0 Å². The molecule has 118 valence electrons. The number of nitrogens with one attached hydrogen (secondary N) is 1. The van der Waals surface area contributed by atoms with Crippen molar-refractivity contribution in [2.24, 2.45) is 5.92 Å². The fourth-order valence-electron chi connectivity index (χ4n) is 2.94. The summed E-state index contributed by atoms with van der Waals surface area (Å²) >= 11 is 5.24. The summed E-state index contributed by atoms with van der Waals surface area (Å²) in [5, 5.41) is 3.74. The van der Waals surface area contributed by atoms with E-state index >= 15 is 0 Å². The Morgan fingerprint density at radius 1 is 1.23 bits per heavy atom. The summed E-state index contributed by atoms with van der Waals surface area (Å²) in [4.78, 5) is 14.8. The summed E-state index contributed by atoms with van der Waals surface area (Å²) < 4.78 is 11.0. The minimum atomic E-state index is 0.0541. The molecule has 3 rings (SSSR count). The van der Waals surface area contributed by atoms with Crippen molar-refractivity contribution < 1.29 is 14.3 Å². The van der Waals surface area contributed by atoms with Crippen LogP contribution < -0.4 is 14.8 Å². The second-order valence-electron chi connectivity index (χ2n) is 5.54. The molecule has 1 fully saturated rings. The van der Waals surface area contributed by atoms with E-state index in [0.29, 0.717) is 24.5 Å². The minimum absolute atomic E-state index is 0.0541. The number of nitrogens with zero attached hydrogens (tertiary/aromatic N) is 1. The normalized spacial score (nSPS) is 18.0. The molecule has 1 aromatic carbocycles. The van der Waals surface area contributed by atoms with E-state index in [2.05, 4.69) is 10.2 Å². The Kier molecular flexibility index (Phi) is 4.47. The zero-order chi connectivity index (χ0) is 15.5. The van der Waals surface area contributed by atoms with Crippen molar-refractivity contribution in [2.75, 3.05) is 33.4 Å². The van der Waals surface area contributed by atoms with Gasteiger partial charge in [-0.2, -0.15) is 0 Å². The van der Waals surface area contributed by atoms with Crippen LogP contribution in [0.1, 0.15) is 23.2 Å². The number of fused-ring (bicyclic) bond motifs is 1. The predicted octanol–water partition coefficient (Wildman–Crippen LogP) is 1.86. The van der Waals surface area contributed by atoms with Gasteiger partial charge in [0.2, 0.25) is 0 Å². The van der Waals surface area contributed by atoms with Gasteiger partial charge < -0.3 is 19.7 Å². The zero-order valence-corrected chi connectivity index (χ0v) is 13.4. The molecule has 0 bridgehead atoms. The Hall–Kier alpha value is -1.82. The lowest BCUT2D eigenvalue weighted by molar-refractivity contribution is 0.0871. The number of hydrogen-bond acceptors (Lipinski definition) is 4. The number of Topliss-reactive ketones (excluding diaryl/α,β-unsaturated/α-hetero) is 1. The number of carbonyl (C=O) groups is 1. The van der Waals surface area contributed by atoms with Crippen molar-refractivity contribution in [3.8, 4) is 11.5 Å². The van der Waals surface area contributed by atoms with Crippen molar-refractivity contribution in [1.82, 2.24) is 10.2 Å². The maximum Gasteiger partial charge on any atom is 0.168 e. The van der Waals surface area contributed by atoms with E-state index in [4.69, 9.17) is 21.7 Å². The largest absolute Gasteiger partial charge is 0.486 e. The first-order chi connectivity index (χ1) is 10.7. The van der Waals surface area contributed by atoms with Crippen molar-refractivity contribution in [3.63, 3.8) is 0 Å². The van der Waals surface area contributed by atoms with Crippen LogP contribution in [0.15, 0.2) is 18.2 Å². The lowest BCUT2D eigenvalue weighted by Gasteiger charge is -2.32. The summed E-state index contributed by atoms with van der Waals surface area (Å²) in [6, 6.07) is 5.47. The van der Waals surface area contributed by atoms with Gasteiger partial charge >= 0.3 is 0 Å². The topological polar surface area (TPSA) is 50.8 Å². The molecule has 5 nitrogen and oxygen atoms in total. The van der Waals surface area contributed by atoms with E-state index in [1.165, 1.54) is 0 Å². The van der Waals surface area contributed by atoms with E-state index in [0.717, 1.165) is 36.8 Å². The molecule has 1 aromatic rings. The molecule has 0 unspecified atom stereocenters. The number of piperidine rings is 1. The average molecular weight is 320 g/mol. The third-order valence-corrected chi connectivity index (χ3v) is 4.66. The molecule has 0 spiro atoms. The van der Waals surface area contributed by atoms with Gasteiger partial charge in [-0.05, 0) is 43.3 Å². The van der Waals surface area contributed by atoms with E-state index in [1.807, 2.05) is 19.2 Å². The zero-order valence-electron chi connectivity index (χ0n) is 12.6. The van der Waals surface area contributed by atoms with Gasteiger partial charge in [0.05, 0.1) is 0 Å². The summed E-state index contributed by atoms with van der Waals surface area (Å²) in [7, 11) is 1.83. The van der Waals surface area contributed by atoms with Crippen LogP contribution in [0.4, 0.5) is 0 Å². The van der Waals surface area contributed by atoms with Crippen molar-refractivity contribution >= 4 is 23.1 Å². The van der Waals surface area contributed by atoms with Crippen LogP contribution in [-0.4, -0.2) is 49.1 Å². The van der Waals surface area contributed by atoms with Gasteiger partial charge in [0.1, 0.15) is 13.2 Å². The Morgan fingerprint density at radius 2 is 1.91 bits per heavy atom. The highest BCUT2D eigenvalue weighted by Crippen LogP contribution is 2.32. The van der Waals surface area contributed by atoms with Crippen molar-refractivity contribution in [1.29, 1.82) is 0 Å². The third-order valence-electron chi connectivity index (χ3n) is 4.19. The SMILES string of the molecule is CNC(=S)N1CCC(C(=O)c2ccc3c(c2)OCCO3)CC1. The second kappa shape index (κ2) is 6.52. The molecule has 2 aliphatic rings. The van der Waals surface area contributed by atoms with E-state index in [-0.39, 0.29) is 11.7 Å². The molecule has 0 atom stereocenters. The summed E-state index contributed by atoms with van der Waals surface area (Å²) in [5.74, 6) is 1.63. The second-order valence-corrected chi connectivity index (χ2v) is 5.93. The Morgan fingerprint density at radius 3 is 2.59 bits per heavy atom. The molecular formula is C16H20N2O3S. The highest BCUT2D eigenvalue weighted by atomic mass is 32.1. The molecule has 2 aliphatic heterocycles.